The molecule has 0 spiro atoms. The summed E-state index contributed by atoms with van der Waals surface area (Å²) in [6, 6.07) is 7.22. The highest BCUT2D eigenvalue weighted by molar-refractivity contribution is 5.81. The van der Waals surface area contributed by atoms with Crippen molar-refractivity contribution in [1.82, 2.24) is 5.32 Å². The molecule has 1 rings (SSSR count). The third kappa shape index (κ3) is 8.70. The van der Waals surface area contributed by atoms with E-state index in [1.807, 2.05) is 24.3 Å². The molecule has 26 heavy (non-hydrogen) atoms. The zero-order chi connectivity index (χ0) is 19.6. The van der Waals surface area contributed by atoms with E-state index < -0.39 is 23.7 Å². The van der Waals surface area contributed by atoms with Crippen molar-refractivity contribution in [2.45, 2.75) is 65.0 Å². The molecule has 1 aromatic carbocycles. The Labute approximate surface area is 156 Å². The van der Waals surface area contributed by atoms with E-state index in [1.165, 1.54) is 12.7 Å². The van der Waals surface area contributed by atoms with Gasteiger partial charge in [-0.3, -0.25) is 0 Å². The van der Waals surface area contributed by atoms with Gasteiger partial charge in [0.05, 0.1) is 7.11 Å². The second-order valence-corrected chi connectivity index (χ2v) is 7.21. The molecule has 0 aliphatic heterocycles. The summed E-state index contributed by atoms with van der Waals surface area (Å²) >= 11 is 0. The molecule has 1 aromatic rings. The third-order valence-electron chi connectivity index (χ3n) is 3.62. The summed E-state index contributed by atoms with van der Waals surface area (Å²) in [7, 11) is 1.30. The number of amides is 1. The number of nitrogens with one attached hydrogen (secondary N) is 1. The Morgan fingerprint density at radius 1 is 1.12 bits per heavy atom. The molecule has 0 saturated heterocycles. The van der Waals surface area contributed by atoms with E-state index in [2.05, 4.69) is 24.4 Å². The van der Waals surface area contributed by atoms with Crippen LogP contribution in [0.2, 0.25) is 0 Å². The SMILES string of the molecule is CCCC=CCc1ccc(C[C@H](NC(=O)OC(C)(C)C)C(=O)OC)cc1. The van der Waals surface area contributed by atoms with Crippen LogP contribution in [0.25, 0.3) is 0 Å². The molecule has 0 aliphatic rings. The monoisotopic (exact) mass is 361 g/mol. The molecular formula is C21H31NO4. The van der Waals surface area contributed by atoms with Gasteiger partial charge in [-0.15, -0.1) is 0 Å². The van der Waals surface area contributed by atoms with Crippen molar-refractivity contribution in [2.24, 2.45) is 0 Å². The van der Waals surface area contributed by atoms with E-state index in [0.717, 1.165) is 24.8 Å². The van der Waals surface area contributed by atoms with Gasteiger partial charge in [0.1, 0.15) is 11.6 Å². The number of unbranched alkanes of at least 4 members (excludes halogenated alkanes) is 1. The second-order valence-electron chi connectivity index (χ2n) is 7.21. The highest BCUT2D eigenvalue weighted by Gasteiger charge is 2.25. The van der Waals surface area contributed by atoms with Crippen molar-refractivity contribution in [1.29, 1.82) is 0 Å². The van der Waals surface area contributed by atoms with E-state index >= 15 is 0 Å². The van der Waals surface area contributed by atoms with Crippen LogP contribution in [0.5, 0.6) is 0 Å². The van der Waals surface area contributed by atoms with Gasteiger partial charge in [-0.25, -0.2) is 9.59 Å². The fourth-order valence-electron chi connectivity index (χ4n) is 2.34. The normalized spacial score (nSPS) is 12.7. The zero-order valence-electron chi connectivity index (χ0n) is 16.5. The highest BCUT2D eigenvalue weighted by Crippen LogP contribution is 2.11. The number of ether oxygens (including phenoxy) is 2. The molecular weight excluding hydrogens is 330 g/mol. The van der Waals surface area contributed by atoms with Gasteiger partial charge in [0.25, 0.3) is 0 Å². The number of hydrogen-bond acceptors (Lipinski definition) is 4. The first-order valence-corrected chi connectivity index (χ1v) is 9.05. The van der Waals surface area contributed by atoms with Crippen LogP contribution in [-0.4, -0.2) is 30.8 Å². The molecule has 0 aliphatic carbocycles. The lowest BCUT2D eigenvalue weighted by Gasteiger charge is -2.22. The molecule has 5 heteroatoms. The fourth-order valence-corrected chi connectivity index (χ4v) is 2.34. The Bertz CT molecular complexity index is 599. The van der Waals surface area contributed by atoms with Crippen LogP contribution in [0, 0.1) is 0 Å². The Morgan fingerprint density at radius 2 is 1.73 bits per heavy atom. The number of rotatable bonds is 8. The molecule has 0 radical (unpaired) electrons. The van der Waals surface area contributed by atoms with Crippen molar-refractivity contribution in [3.63, 3.8) is 0 Å². The molecule has 0 bridgehead atoms. The number of benzene rings is 1. The zero-order valence-corrected chi connectivity index (χ0v) is 16.5. The number of alkyl carbamates (subject to hydrolysis) is 1. The first kappa shape index (κ1) is 21.7. The quantitative estimate of drug-likeness (QED) is 0.557. The summed E-state index contributed by atoms with van der Waals surface area (Å²) in [5, 5.41) is 2.59. The van der Waals surface area contributed by atoms with Gasteiger partial charge in [-0.1, -0.05) is 49.8 Å². The van der Waals surface area contributed by atoms with Gasteiger partial charge in [-0.05, 0) is 44.7 Å². The van der Waals surface area contributed by atoms with Crippen molar-refractivity contribution in [3.8, 4) is 0 Å². The summed E-state index contributed by atoms with van der Waals surface area (Å²) in [6.45, 7) is 7.47. The smallest absolute Gasteiger partial charge is 0.408 e. The molecule has 5 nitrogen and oxygen atoms in total. The van der Waals surface area contributed by atoms with E-state index in [4.69, 9.17) is 9.47 Å². The summed E-state index contributed by atoms with van der Waals surface area (Å²) in [4.78, 5) is 23.9. The summed E-state index contributed by atoms with van der Waals surface area (Å²) in [5.41, 5.74) is 1.52. The van der Waals surface area contributed by atoms with Crippen LogP contribution >= 0.6 is 0 Å². The standard InChI is InChI=1S/C21H31NO4/c1-6-7-8-9-10-16-11-13-17(14-12-16)15-18(19(23)25-5)22-20(24)26-21(2,3)4/h8-9,11-14,18H,6-7,10,15H2,1-5H3,(H,22,24)/t18-/m0/s1. The number of carbonyl (C=O) groups is 2. The van der Waals surface area contributed by atoms with E-state index in [1.54, 1.807) is 20.8 Å². The first-order valence-electron chi connectivity index (χ1n) is 9.05. The molecule has 0 aromatic heterocycles. The van der Waals surface area contributed by atoms with Crippen molar-refractivity contribution in [3.05, 3.63) is 47.5 Å². The fraction of sp³-hybridized carbons (Fsp3) is 0.524. The van der Waals surface area contributed by atoms with Crippen LogP contribution in [0.3, 0.4) is 0 Å². The predicted molar refractivity (Wildman–Crippen MR) is 103 cm³/mol. The molecule has 1 N–H and O–H groups in total. The molecule has 144 valence electrons. The molecule has 0 fully saturated rings. The highest BCUT2D eigenvalue weighted by atomic mass is 16.6. The minimum Gasteiger partial charge on any atom is -0.467 e. The Morgan fingerprint density at radius 3 is 2.27 bits per heavy atom. The number of carbonyl (C=O) groups excluding carboxylic acids is 2. The number of methoxy groups -OCH3 is 1. The molecule has 1 atom stereocenters. The molecule has 1 amide bonds. The maximum atomic E-state index is 12.0. The predicted octanol–water partition coefficient (Wildman–Crippen LogP) is 4.19. The van der Waals surface area contributed by atoms with Gasteiger partial charge in [-0.2, -0.15) is 0 Å². The Kier molecular flexibility index (Phi) is 8.90. The van der Waals surface area contributed by atoms with Crippen LogP contribution < -0.4 is 5.32 Å². The number of esters is 1. The first-order chi connectivity index (χ1) is 12.2. The van der Waals surface area contributed by atoms with Gasteiger partial charge in [0.15, 0.2) is 0 Å². The topological polar surface area (TPSA) is 64.6 Å². The van der Waals surface area contributed by atoms with Crippen molar-refractivity contribution in [2.75, 3.05) is 7.11 Å². The average Bonchev–Trinajstić information content (AvgIpc) is 2.57. The summed E-state index contributed by atoms with van der Waals surface area (Å²) < 4.78 is 10.0. The minimum absolute atomic E-state index is 0.345. The van der Waals surface area contributed by atoms with E-state index in [0.29, 0.717) is 6.42 Å². The van der Waals surface area contributed by atoms with Crippen LogP contribution in [0.1, 0.15) is 51.7 Å². The largest absolute Gasteiger partial charge is 0.467 e. The number of hydrogen-bond donors (Lipinski definition) is 1. The number of allylic oxidation sites excluding steroid dienone is 2. The summed E-state index contributed by atoms with van der Waals surface area (Å²) in [5.74, 6) is -0.498. The molecule has 0 heterocycles. The molecule has 0 unspecified atom stereocenters. The van der Waals surface area contributed by atoms with E-state index in [-0.39, 0.29) is 0 Å². The van der Waals surface area contributed by atoms with Gasteiger partial charge >= 0.3 is 12.1 Å². The maximum absolute atomic E-state index is 12.0. The minimum atomic E-state index is -0.787. The van der Waals surface area contributed by atoms with E-state index in [9.17, 15) is 9.59 Å². The lowest BCUT2D eigenvalue weighted by atomic mass is 10.0. The van der Waals surface area contributed by atoms with Crippen molar-refractivity contribution < 1.29 is 19.1 Å². The van der Waals surface area contributed by atoms with Gasteiger partial charge < -0.3 is 14.8 Å². The maximum Gasteiger partial charge on any atom is 0.408 e. The van der Waals surface area contributed by atoms with Crippen LogP contribution in [0.15, 0.2) is 36.4 Å². The molecule has 0 saturated carbocycles. The third-order valence-corrected chi connectivity index (χ3v) is 3.62. The lowest BCUT2D eigenvalue weighted by Crippen LogP contribution is -2.45. The van der Waals surface area contributed by atoms with Crippen LogP contribution in [-0.2, 0) is 27.1 Å². The van der Waals surface area contributed by atoms with Crippen molar-refractivity contribution >= 4 is 12.1 Å². The Balaban J connectivity index is 2.70. The average molecular weight is 361 g/mol. The Hall–Kier alpha value is -2.30. The van der Waals surface area contributed by atoms with Gasteiger partial charge in [0, 0.05) is 6.42 Å². The summed E-state index contributed by atoms with van der Waals surface area (Å²) in [6.07, 6.45) is 7.19. The lowest BCUT2D eigenvalue weighted by molar-refractivity contribution is -0.143. The second kappa shape index (κ2) is 10.6. The van der Waals surface area contributed by atoms with Crippen LogP contribution in [0.4, 0.5) is 4.79 Å². The van der Waals surface area contributed by atoms with Gasteiger partial charge in [0.2, 0.25) is 0 Å².